The molecule has 5 nitrogen and oxygen atoms in total. The number of ether oxygens (including phenoxy) is 1. The molecule has 1 aromatic rings. The molecule has 0 saturated carbocycles. The second kappa shape index (κ2) is 6.25. The van der Waals surface area contributed by atoms with E-state index >= 15 is 0 Å². The summed E-state index contributed by atoms with van der Waals surface area (Å²) in [4.78, 5) is -0.710. The summed E-state index contributed by atoms with van der Waals surface area (Å²) in [6.45, 7) is 0.935. The van der Waals surface area contributed by atoms with Crippen molar-refractivity contribution >= 4 is 15.7 Å². The van der Waals surface area contributed by atoms with Crippen LogP contribution in [0.3, 0.4) is 0 Å². The maximum Gasteiger partial charge on any atom is 0.246 e. The average Bonchev–Trinajstić information content (AvgIpc) is 2.43. The van der Waals surface area contributed by atoms with Crippen LogP contribution >= 0.6 is 0 Å². The number of methoxy groups -OCH3 is 1. The molecule has 0 bridgehead atoms. The van der Waals surface area contributed by atoms with E-state index in [0.29, 0.717) is 13.0 Å². The third-order valence-electron chi connectivity index (χ3n) is 3.52. The quantitative estimate of drug-likeness (QED) is 0.855. The Morgan fingerprint density at radius 2 is 2.14 bits per heavy atom. The number of nitrogens with zero attached hydrogens (tertiary/aromatic N) is 1. The number of sulfonamides is 1. The molecule has 1 unspecified atom stereocenters. The molecule has 2 rings (SSSR count). The first-order chi connectivity index (χ1) is 9.86. The maximum atomic E-state index is 13.8. The second-order valence-electron chi connectivity index (χ2n) is 5.14. The first-order valence-electron chi connectivity index (χ1n) is 6.60. The third kappa shape index (κ3) is 3.33. The van der Waals surface area contributed by atoms with Crippen LogP contribution < -0.4 is 5.73 Å². The van der Waals surface area contributed by atoms with Crippen molar-refractivity contribution in [2.24, 2.45) is 5.92 Å². The predicted molar refractivity (Wildman–Crippen MR) is 74.1 cm³/mol. The van der Waals surface area contributed by atoms with E-state index in [1.165, 1.54) is 0 Å². The lowest BCUT2D eigenvalue weighted by Crippen LogP contribution is -2.41. The monoisotopic (exact) mass is 320 g/mol. The highest BCUT2D eigenvalue weighted by atomic mass is 32.2. The number of piperidine rings is 1. The van der Waals surface area contributed by atoms with E-state index in [1.807, 2.05) is 0 Å². The lowest BCUT2D eigenvalue weighted by Gasteiger charge is -2.31. The van der Waals surface area contributed by atoms with Gasteiger partial charge in [-0.3, -0.25) is 0 Å². The van der Waals surface area contributed by atoms with Gasteiger partial charge in [-0.2, -0.15) is 4.31 Å². The van der Waals surface area contributed by atoms with Gasteiger partial charge in [0.2, 0.25) is 10.0 Å². The molecular weight excluding hydrogens is 302 g/mol. The van der Waals surface area contributed by atoms with Gasteiger partial charge >= 0.3 is 0 Å². The summed E-state index contributed by atoms with van der Waals surface area (Å²) in [5.74, 6) is -2.61. The highest BCUT2D eigenvalue weighted by Gasteiger charge is 2.33. The smallest absolute Gasteiger partial charge is 0.246 e. The van der Waals surface area contributed by atoms with E-state index in [4.69, 9.17) is 10.5 Å². The molecule has 21 heavy (non-hydrogen) atoms. The topological polar surface area (TPSA) is 72.6 Å². The van der Waals surface area contributed by atoms with Gasteiger partial charge in [0, 0.05) is 25.9 Å². The van der Waals surface area contributed by atoms with Crippen LogP contribution in [0.15, 0.2) is 17.0 Å². The van der Waals surface area contributed by atoms with Crippen LogP contribution in [0.4, 0.5) is 14.5 Å². The first-order valence-corrected chi connectivity index (χ1v) is 8.04. The fraction of sp³-hybridized carbons (Fsp3) is 0.538. The Hall–Kier alpha value is -1.25. The molecule has 0 spiro atoms. The molecule has 8 heteroatoms. The molecule has 1 heterocycles. The van der Waals surface area contributed by atoms with E-state index in [-0.39, 0.29) is 24.7 Å². The Morgan fingerprint density at radius 1 is 1.43 bits per heavy atom. The number of nitrogens with two attached hydrogens (primary N) is 1. The molecule has 1 aliphatic rings. The minimum absolute atomic E-state index is 0.0486. The molecule has 1 aromatic carbocycles. The SMILES string of the molecule is COCC1CCCN(S(=O)(=O)c2cc(N)cc(F)c2F)C1. The highest BCUT2D eigenvalue weighted by molar-refractivity contribution is 7.89. The lowest BCUT2D eigenvalue weighted by molar-refractivity contribution is 0.118. The average molecular weight is 320 g/mol. The maximum absolute atomic E-state index is 13.8. The van der Waals surface area contributed by atoms with Gasteiger partial charge in [-0.05, 0) is 30.9 Å². The van der Waals surface area contributed by atoms with Crippen LogP contribution in [0.2, 0.25) is 0 Å². The van der Waals surface area contributed by atoms with Crippen molar-refractivity contribution in [1.29, 1.82) is 0 Å². The number of nitrogen functional groups attached to an aromatic ring is 1. The number of benzene rings is 1. The Morgan fingerprint density at radius 3 is 2.81 bits per heavy atom. The van der Waals surface area contributed by atoms with E-state index in [1.54, 1.807) is 7.11 Å². The first kappa shape index (κ1) is 16.1. The van der Waals surface area contributed by atoms with Crippen LogP contribution in [-0.4, -0.2) is 39.5 Å². The molecule has 118 valence electrons. The Bertz CT molecular complexity index is 620. The van der Waals surface area contributed by atoms with Crippen molar-refractivity contribution in [1.82, 2.24) is 4.31 Å². The summed E-state index contributed by atoms with van der Waals surface area (Å²) in [7, 11) is -2.56. The Balaban J connectivity index is 2.34. The summed E-state index contributed by atoms with van der Waals surface area (Å²) >= 11 is 0. The minimum atomic E-state index is -4.11. The number of hydrogen-bond donors (Lipinski definition) is 1. The molecule has 0 aromatic heterocycles. The second-order valence-corrected chi connectivity index (χ2v) is 7.05. The third-order valence-corrected chi connectivity index (χ3v) is 5.38. The summed E-state index contributed by atoms with van der Waals surface area (Å²) in [5.41, 5.74) is 5.29. The Labute approximate surface area is 122 Å². The molecule has 0 radical (unpaired) electrons. The molecule has 0 amide bonds. The van der Waals surface area contributed by atoms with E-state index < -0.39 is 26.6 Å². The van der Waals surface area contributed by atoms with Gasteiger partial charge in [0.05, 0.1) is 6.61 Å². The van der Waals surface area contributed by atoms with E-state index in [9.17, 15) is 17.2 Å². The van der Waals surface area contributed by atoms with Crippen LogP contribution in [-0.2, 0) is 14.8 Å². The van der Waals surface area contributed by atoms with Crippen molar-refractivity contribution in [3.63, 3.8) is 0 Å². The van der Waals surface area contributed by atoms with Crippen LogP contribution in [0.1, 0.15) is 12.8 Å². The van der Waals surface area contributed by atoms with Gasteiger partial charge < -0.3 is 10.5 Å². The number of anilines is 1. The summed E-state index contributed by atoms with van der Waals surface area (Å²) in [5, 5.41) is 0. The normalized spacial score (nSPS) is 20.6. The van der Waals surface area contributed by atoms with Gasteiger partial charge in [0.25, 0.3) is 0 Å². The van der Waals surface area contributed by atoms with Crippen LogP contribution in [0.5, 0.6) is 0 Å². The standard InChI is InChI=1S/C13H18F2N2O3S/c1-20-8-9-3-2-4-17(7-9)21(18,19)12-6-10(16)5-11(14)13(12)15/h5-6,9H,2-4,7-8,16H2,1H3. The lowest BCUT2D eigenvalue weighted by atomic mass is 10.0. The van der Waals surface area contributed by atoms with E-state index in [0.717, 1.165) is 22.9 Å². The van der Waals surface area contributed by atoms with Crippen molar-refractivity contribution in [2.75, 3.05) is 32.5 Å². The fourth-order valence-electron chi connectivity index (χ4n) is 2.53. The van der Waals surface area contributed by atoms with Gasteiger partial charge in [-0.1, -0.05) is 0 Å². The van der Waals surface area contributed by atoms with Gasteiger partial charge in [-0.25, -0.2) is 17.2 Å². The molecule has 2 N–H and O–H groups in total. The largest absolute Gasteiger partial charge is 0.399 e. The number of rotatable bonds is 4. The van der Waals surface area contributed by atoms with Crippen LogP contribution in [0.25, 0.3) is 0 Å². The predicted octanol–water partition coefficient (Wildman–Crippen LogP) is 1.59. The zero-order chi connectivity index (χ0) is 15.6. The molecular formula is C13H18F2N2O3S. The van der Waals surface area contributed by atoms with Crippen molar-refractivity contribution in [3.8, 4) is 0 Å². The van der Waals surface area contributed by atoms with Crippen molar-refractivity contribution in [2.45, 2.75) is 17.7 Å². The molecule has 1 saturated heterocycles. The fourth-order valence-corrected chi connectivity index (χ4v) is 4.19. The molecule has 0 aliphatic carbocycles. The van der Waals surface area contributed by atoms with E-state index in [2.05, 4.69) is 0 Å². The van der Waals surface area contributed by atoms with Crippen molar-refractivity contribution in [3.05, 3.63) is 23.8 Å². The summed E-state index contributed by atoms with van der Waals surface area (Å²) < 4.78 is 58.4. The van der Waals surface area contributed by atoms with Gasteiger partial charge in [-0.15, -0.1) is 0 Å². The zero-order valence-electron chi connectivity index (χ0n) is 11.7. The highest BCUT2D eigenvalue weighted by Crippen LogP contribution is 2.28. The number of hydrogen-bond acceptors (Lipinski definition) is 4. The van der Waals surface area contributed by atoms with Crippen molar-refractivity contribution < 1.29 is 21.9 Å². The molecule has 1 aliphatic heterocycles. The zero-order valence-corrected chi connectivity index (χ0v) is 12.5. The van der Waals surface area contributed by atoms with Gasteiger partial charge in [0.1, 0.15) is 4.90 Å². The summed E-state index contributed by atoms with van der Waals surface area (Å²) in [6.07, 6.45) is 1.49. The summed E-state index contributed by atoms with van der Waals surface area (Å²) in [6, 6.07) is 1.71. The van der Waals surface area contributed by atoms with Crippen LogP contribution in [0, 0.1) is 17.6 Å². The molecule has 1 fully saturated rings. The number of halogens is 2. The molecule has 1 atom stereocenters. The van der Waals surface area contributed by atoms with Gasteiger partial charge in [0.15, 0.2) is 11.6 Å². The minimum Gasteiger partial charge on any atom is -0.399 e. The Kier molecular flexibility index (Phi) is 4.80.